The van der Waals surface area contributed by atoms with Crippen LogP contribution in [0.1, 0.15) is 17.2 Å². The van der Waals surface area contributed by atoms with Gasteiger partial charge in [0.15, 0.2) is 0 Å². The molecule has 0 heterocycles. The van der Waals surface area contributed by atoms with Crippen LogP contribution in [0.4, 0.5) is 0 Å². The summed E-state index contributed by atoms with van der Waals surface area (Å²) in [6, 6.07) is 11.1. The first kappa shape index (κ1) is 15.6. The van der Waals surface area contributed by atoms with Crippen molar-refractivity contribution in [1.29, 1.82) is 0 Å². The second-order valence-corrected chi connectivity index (χ2v) is 6.05. The fourth-order valence-corrected chi connectivity index (χ4v) is 2.84. The van der Waals surface area contributed by atoms with Gasteiger partial charge in [-0.15, -0.1) is 0 Å². The third-order valence-corrected chi connectivity index (χ3v) is 4.68. The van der Waals surface area contributed by atoms with Crippen LogP contribution < -0.4 is 10.5 Å². The summed E-state index contributed by atoms with van der Waals surface area (Å²) in [5.74, 6) is 0.799. The van der Waals surface area contributed by atoms with Crippen molar-refractivity contribution in [3.8, 4) is 5.75 Å². The Labute approximate surface area is 137 Å². The van der Waals surface area contributed by atoms with Crippen molar-refractivity contribution >= 4 is 39.1 Å². The smallest absolute Gasteiger partial charge is 0.119 e. The van der Waals surface area contributed by atoms with Gasteiger partial charge in [-0.3, -0.25) is 0 Å². The molecule has 2 aromatic carbocycles. The Bertz CT molecular complexity index is 619. The van der Waals surface area contributed by atoms with Crippen LogP contribution in [-0.4, -0.2) is 7.11 Å². The second kappa shape index (κ2) is 6.81. The zero-order valence-electron chi connectivity index (χ0n) is 10.9. The average Bonchev–Trinajstić information content (AvgIpc) is 2.44. The van der Waals surface area contributed by atoms with Gasteiger partial charge in [0.1, 0.15) is 5.75 Å². The number of ether oxygens (including phenoxy) is 1. The van der Waals surface area contributed by atoms with Crippen molar-refractivity contribution in [2.45, 2.75) is 12.5 Å². The Morgan fingerprint density at radius 1 is 1.25 bits per heavy atom. The number of hydrogen-bond donors (Lipinski definition) is 1. The maximum atomic E-state index is 6.25. The van der Waals surface area contributed by atoms with E-state index in [1.165, 1.54) is 0 Å². The van der Waals surface area contributed by atoms with E-state index in [2.05, 4.69) is 15.9 Å². The number of rotatable bonds is 4. The zero-order chi connectivity index (χ0) is 14.7. The Morgan fingerprint density at radius 3 is 2.70 bits per heavy atom. The topological polar surface area (TPSA) is 35.2 Å². The van der Waals surface area contributed by atoms with Crippen molar-refractivity contribution in [3.63, 3.8) is 0 Å². The molecule has 0 aliphatic rings. The molecule has 0 radical (unpaired) electrons. The van der Waals surface area contributed by atoms with Crippen LogP contribution in [0, 0.1) is 0 Å². The standard InChI is InChI=1S/C15H14BrCl2NO/c1-20-10-5-6-12(16)9(7-10)8-14(19)11-3-2-4-13(17)15(11)18/h2-7,14H,8,19H2,1H3. The molecule has 0 fully saturated rings. The van der Waals surface area contributed by atoms with E-state index in [0.717, 1.165) is 21.3 Å². The number of benzene rings is 2. The molecule has 5 heteroatoms. The first-order chi connectivity index (χ1) is 9.52. The maximum absolute atomic E-state index is 6.25. The van der Waals surface area contributed by atoms with Gasteiger partial charge >= 0.3 is 0 Å². The lowest BCUT2D eigenvalue weighted by Crippen LogP contribution is -2.14. The highest BCUT2D eigenvalue weighted by molar-refractivity contribution is 9.10. The van der Waals surface area contributed by atoms with Crippen LogP contribution in [-0.2, 0) is 6.42 Å². The summed E-state index contributed by atoms with van der Waals surface area (Å²) in [6.07, 6.45) is 0.637. The first-order valence-electron chi connectivity index (χ1n) is 6.05. The van der Waals surface area contributed by atoms with Crippen molar-refractivity contribution in [2.75, 3.05) is 7.11 Å². The normalized spacial score (nSPS) is 12.2. The SMILES string of the molecule is COc1ccc(Br)c(CC(N)c2cccc(Cl)c2Cl)c1. The molecule has 1 atom stereocenters. The van der Waals surface area contributed by atoms with E-state index in [1.807, 2.05) is 30.3 Å². The zero-order valence-corrected chi connectivity index (χ0v) is 14.0. The van der Waals surface area contributed by atoms with E-state index >= 15 is 0 Å². The Balaban J connectivity index is 2.27. The summed E-state index contributed by atoms with van der Waals surface area (Å²) in [5.41, 5.74) is 8.16. The molecule has 0 aliphatic heterocycles. The number of halogens is 3. The molecule has 0 aromatic heterocycles. The monoisotopic (exact) mass is 373 g/mol. The van der Waals surface area contributed by atoms with Crippen molar-refractivity contribution < 1.29 is 4.74 Å². The molecular weight excluding hydrogens is 361 g/mol. The van der Waals surface area contributed by atoms with Gasteiger partial charge in [-0.25, -0.2) is 0 Å². The van der Waals surface area contributed by atoms with Crippen LogP contribution in [0.5, 0.6) is 5.75 Å². The van der Waals surface area contributed by atoms with Crippen molar-refractivity contribution in [2.24, 2.45) is 5.73 Å². The van der Waals surface area contributed by atoms with Crippen molar-refractivity contribution in [3.05, 3.63) is 62.0 Å². The molecule has 106 valence electrons. The highest BCUT2D eigenvalue weighted by Gasteiger charge is 2.14. The van der Waals surface area contributed by atoms with Crippen LogP contribution in [0.2, 0.25) is 10.0 Å². The molecule has 0 amide bonds. The molecule has 0 bridgehead atoms. The second-order valence-electron chi connectivity index (χ2n) is 4.41. The van der Waals surface area contributed by atoms with E-state index in [0.29, 0.717) is 16.5 Å². The highest BCUT2D eigenvalue weighted by atomic mass is 79.9. The van der Waals surface area contributed by atoms with Gasteiger partial charge in [-0.05, 0) is 41.8 Å². The molecule has 2 aromatic rings. The summed E-state index contributed by atoms with van der Waals surface area (Å²) in [6.45, 7) is 0. The largest absolute Gasteiger partial charge is 0.497 e. The molecule has 0 spiro atoms. The van der Waals surface area contributed by atoms with Crippen LogP contribution in [0.25, 0.3) is 0 Å². The lowest BCUT2D eigenvalue weighted by atomic mass is 9.99. The van der Waals surface area contributed by atoms with Gasteiger partial charge in [0, 0.05) is 10.5 Å². The Kier molecular flexibility index (Phi) is 5.33. The first-order valence-corrected chi connectivity index (χ1v) is 7.59. The molecule has 0 aliphatic carbocycles. The minimum absolute atomic E-state index is 0.232. The molecular formula is C15H14BrCl2NO. The predicted octanol–water partition coefficient (Wildman–Crippen LogP) is 5.01. The van der Waals surface area contributed by atoms with E-state index in [1.54, 1.807) is 13.2 Å². The van der Waals surface area contributed by atoms with E-state index < -0.39 is 0 Å². The summed E-state index contributed by atoms with van der Waals surface area (Å²) >= 11 is 15.8. The summed E-state index contributed by atoms with van der Waals surface area (Å²) in [4.78, 5) is 0. The molecule has 0 saturated carbocycles. The third-order valence-electron chi connectivity index (χ3n) is 3.07. The fourth-order valence-electron chi connectivity index (χ4n) is 1.99. The molecule has 2 nitrogen and oxygen atoms in total. The quantitative estimate of drug-likeness (QED) is 0.816. The van der Waals surface area contributed by atoms with Gasteiger partial charge < -0.3 is 10.5 Å². The van der Waals surface area contributed by atoms with E-state index in [9.17, 15) is 0 Å². The van der Waals surface area contributed by atoms with Crippen LogP contribution >= 0.6 is 39.1 Å². The summed E-state index contributed by atoms with van der Waals surface area (Å²) in [5, 5.41) is 1.03. The maximum Gasteiger partial charge on any atom is 0.119 e. The summed E-state index contributed by atoms with van der Waals surface area (Å²) in [7, 11) is 1.64. The Hall–Kier alpha value is -0.740. The molecule has 20 heavy (non-hydrogen) atoms. The van der Waals surface area contributed by atoms with Gasteiger partial charge in [-0.2, -0.15) is 0 Å². The Morgan fingerprint density at radius 2 is 2.00 bits per heavy atom. The van der Waals surface area contributed by atoms with Crippen molar-refractivity contribution in [1.82, 2.24) is 0 Å². The minimum atomic E-state index is -0.232. The number of hydrogen-bond acceptors (Lipinski definition) is 2. The van der Waals surface area contributed by atoms with Gasteiger partial charge in [0.2, 0.25) is 0 Å². The third kappa shape index (κ3) is 3.47. The molecule has 2 N–H and O–H groups in total. The molecule has 1 unspecified atom stereocenters. The molecule has 2 rings (SSSR count). The van der Waals surface area contributed by atoms with E-state index in [-0.39, 0.29) is 6.04 Å². The lowest BCUT2D eigenvalue weighted by molar-refractivity contribution is 0.414. The van der Waals surface area contributed by atoms with Gasteiger partial charge in [0.25, 0.3) is 0 Å². The van der Waals surface area contributed by atoms with Crippen LogP contribution in [0.15, 0.2) is 40.9 Å². The molecule has 0 saturated heterocycles. The number of nitrogens with two attached hydrogens (primary N) is 1. The highest BCUT2D eigenvalue weighted by Crippen LogP contribution is 2.32. The predicted molar refractivity (Wildman–Crippen MR) is 87.8 cm³/mol. The van der Waals surface area contributed by atoms with Crippen LogP contribution in [0.3, 0.4) is 0 Å². The lowest BCUT2D eigenvalue weighted by Gasteiger charge is -2.16. The van der Waals surface area contributed by atoms with Gasteiger partial charge in [-0.1, -0.05) is 51.3 Å². The number of methoxy groups -OCH3 is 1. The summed E-state index contributed by atoms with van der Waals surface area (Å²) < 4.78 is 6.22. The fraction of sp³-hybridized carbons (Fsp3) is 0.200. The van der Waals surface area contributed by atoms with Gasteiger partial charge in [0.05, 0.1) is 17.2 Å². The van der Waals surface area contributed by atoms with E-state index in [4.69, 9.17) is 33.7 Å². The minimum Gasteiger partial charge on any atom is -0.497 e. The average molecular weight is 375 g/mol.